The molecule has 2 aromatic heterocycles. The summed E-state index contributed by atoms with van der Waals surface area (Å²) in [6, 6.07) is 7.58. The Kier molecular flexibility index (Phi) is 4.91. The normalized spacial score (nSPS) is 26.1. The number of hydrogen-bond donors (Lipinski definition) is 3. The molecule has 3 aromatic rings. The van der Waals surface area contributed by atoms with Gasteiger partial charge in [0, 0.05) is 17.8 Å². The number of rotatable bonds is 4. The minimum absolute atomic E-state index is 0.0437. The third-order valence-electron chi connectivity index (χ3n) is 5.20. The van der Waals surface area contributed by atoms with Crippen LogP contribution in [0.2, 0.25) is 0 Å². The van der Waals surface area contributed by atoms with Crippen LogP contribution in [0.15, 0.2) is 47.8 Å². The van der Waals surface area contributed by atoms with Crippen LogP contribution in [0.5, 0.6) is 0 Å². The van der Waals surface area contributed by atoms with Gasteiger partial charge in [-0.1, -0.05) is 12.1 Å². The molecule has 4 rings (SSSR count). The van der Waals surface area contributed by atoms with Crippen molar-refractivity contribution in [1.29, 1.82) is 0 Å². The molecule has 1 fully saturated rings. The van der Waals surface area contributed by atoms with Crippen LogP contribution in [0, 0.1) is 6.92 Å². The highest BCUT2D eigenvalue weighted by atomic mass is 32.2. The molecular weight excluding hydrogens is 398 g/mol. The SMILES string of the molecule is Cc1ncnc2c1ccn2C1OC(C(O)c2cccc(S(C)(=O)=O)c2)C(O)C1O. The van der Waals surface area contributed by atoms with E-state index < -0.39 is 40.5 Å². The van der Waals surface area contributed by atoms with Crippen LogP contribution in [-0.4, -0.2) is 62.8 Å². The van der Waals surface area contributed by atoms with Crippen LogP contribution >= 0.6 is 0 Å². The molecule has 154 valence electrons. The molecule has 0 amide bonds. The highest BCUT2D eigenvalue weighted by Gasteiger charge is 2.47. The van der Waals surface area contributed by atoms with Gasteiger partial charge in [0.1, 0.15) is 36.4 Å². The second-order valence-corrected chi connectivity index (χ2v) is 9.20. The number of sulfone groups is 1. The Morgan fingerprint density at radius 2 is 1.93 bits per heavy atom. The van der Waals surface area contributed by atoms with Gasteiger partial charge in [0.25, 0.3) is 0 Å². The lowest BCUT2D eigenvalue weighted by Crippen LogP contribution is -2.34. The number of aromatic nitrogens is 3. The minimum Gasteiger partial charge on any atom is -0.387 e. The van der Waals surface area contributed by atoms with Gasteiger partial charge in [-0.15, -0.1) is 0 Å². The van der Waals surface area contributed by atoms with Crippen molar-refractivity contribution >= 4 is 20.9 Å². The summed E-state index contributed by atoms with van der Waals surface area (Å²) in [5.41, 5.74) is 1.55. The van der Waals surface area contributed by atoms with Gasteiger partial charge in [-0.2, -0.15) is 0 Å². The number of ether oxygens (including phenoxy) is 1. The van der Waals surface area contributed by atoms with Gasteiger partial charge < -0.3 is 24.6 Å². The van der Waals surface area contributed by atoms with Crippen LogP contribution in [0.25, 0.3) is 11.0 Å². The lowest BCUT2D eigenvalue weighted by Gasteiger charge is -2.22. The molecule has 5 unspecified atom stereocenters. The predicted octanol–water partition coefficient (Wildman–Crippen LogP) is 0.496. The molecule has 0 spiro atoms. The number of fused-ring (bicyclic) bond motifs is 1. The second kappa shape index (κ2) is 7.15. The highest BCUT2D eigenvalue weighted by Crippen LogP contribution is 2.37. The van der Waals surface area contributed by atoms with Gasteiger partial charge in [-0.25, -0.2) is 18.4 Å². The zero-order valence-electron chi connectivity index (χ0n) is 15.7. The van der Waals surface area contributed by atoms with E-state index in [4.69, 9.17) is 4.74 Å². The predicted molar refractivity (Wildman–Crippen MR) is 103 cm³/mol. The van der Waals surface area contributed by atoms with E-state index >= 15 is 0 Å². The van der Waals surface area contributed by atoms with E-state index in [2.05, 4.69) is 9.97 Å². The van der Waals surface area contributed by atoms with E-state index in [0.717, 1.165) is 17.3 Å². The van der Waals surface area contributed by atoms with Crippen molar-refractivity contribution in [2.45, 2.75) is 42.5 Å². The second-order valence-electron chi connectivity index (χ2n) is 7.18. The molecule has 0 bridgehead atoms. The molecule has 1 aromatic carbocycles. The summed E-state index contributed by atoms with van der Waals surface area (Å²) < 4.78 is 31.0. The number of nitrogens with zero attached hydrogens (tertiary/aromatic N) is 3. The molecule has 3 heterocycles. The van der Waals surface area contributed by atoms with Crippen LogP contribution in [0.3, 0.4) is 0 Å². The first-order chi connectivity index (χ1) is 13.7. The molecule has 0 aliphatic carbocycles. The third-order valence-corrected chi connectivity index (χ3v) is 6.31. The van der Waals surface area contributed by atoms with E-state index in [1.54, 1.807) is 16.8 Å². The molecule has 1 aliphatic rings. The maximum atomic E-state index is 11.8. The zero-order chi connectivity index (χ0) is 20.9. The molecule has 10 heteroatoms. The fourth-order valence-electron chi connectivity index (χ4n) is 3.60. The summed E-state index contributed by atoms with van der Waals surface area (Å²) in [5.74, 6) is 0. The van der Waals surface area contributed by atoms with Crippen LogP contribution in [0.1, 0.15) is 23.6 Å². The fraction of sp³-hybridized carbons (Fsp3) is 0.368. The monoisotopic (exact) mass is 419 g/mol. The van der Waals surface area contributed by atoms with E-state index in [1.807, 2.05) is 6.92 Å². The van der Waals surface area contributed by atoms with Crippen molar-refractivity contribution in [1.82, 2.24) is 14.5 Å². The van der Waals surface area contributed by atoms with Crippen molar-refractivity contribution in [3.63, 3.8) is 0 Å². The van der Waals surface area contributed by atoms with Crippen LogP contribution in [0.4, 0.5) is 0 Å². The van der Waals surface area contributed by atoms with E-state index in [0.29, 0.717) is 5.65 Å². The first kappa shape index (κ1) is 19.9. The zero-order valence-corrected chi connectivity index (χ0v) is 16.6. The van der Waals surface area contributed by atoms with Gasteiger partial charge >= 0.3 is 0 Å². The molecule has 0 saturated carbocycles. The summed E-state index contributed by atoms with van der Waals surface area (Å²) in [7, 11) is -3.46. The molecule has 1 saturated heterocycles. The van der Waals surface area contributed by atoms with Crippen LogP contribution < -0.4 is 0 Å². The van der Waals surface area contributed by atoms with Crippen molar-refractivity contribution in [2.75, 3.05) is 6.26 Å². The number of benzene rings is 1. The summed E-state index contributed by atoms with van der Waals surface area (Å²) in [6.45, 7) is 1.83. The van der Waals surface area contributed by atoms with Gasteiger partial charge in [-0.3, -0.25) is 0 Å². The Hall–Kier alpha value is -2.37. The largest absolute Gasteiger partial charge is 0.387 e. The molecule has 29 heavy (non-hydrogen) atoms. The topological polar surface area (TPSA) is 135 Å². The van der Waals surface area contributed by atoms with Gasteiger partial charge in [0.15, 0.2) is 16.1 Å². The van der Waals surface area contributed by atoms with Crippen LogP contribution in [-0.2, 0) is 14.6 Å². The van der Waals surface area contributed by atoms with E-state index in [1.165, 1.54) is 30.6 Å². The van der Waals surface area contributed by atoms with Crippen molar-refractivity contribution in [3.8, 4) is 0 Å². The minimum atomic E-state index is -3.46. The molecule has 0 radical (unpaired) electrons. The molecule has 5 atom stereocenters. The Morgan fingerprint density at radius 3 is 2.66 bits per heavy atom. The molecule has 3 N–H and O–H groups in total. The van der Waals surface area contributed by atoms with E-state index in [-0.39, 0.29) is 10.5 Å². The first-order valence-electron chi connectivity index (χ1n) is 8.96. The Bertz CT molecular complexity index is 1160. The maximum Gasteiger partial charge on any atom is 0.175 e. The molecule has 1 aliphatic heterocycles. The average molecular weight is 419 g/mol. The summed E-state index contributed by atoms with van der Waals surface area (Å²) >= 11 is 0. The number of hydrogen-bond acceptors (Lipinski definition) is 8. The Balaban J connectivity index is 1.66. The highest BCUT2D eigenvalue weighted by molar-refractivity contribution is 7.90. The lowest BCUT2D eigenvalue weighted by molar-refractivity contribution is -0.0848. The quantitative estimate of drug-likeness (QED) is 0.556. The standard InChI is InChI=1S/C19H21N3O6S/c1-10-13-6-7-22(18(13)21-9-20-10)19-16(25)15(24)17(28-19)14(23)11-4-3-5-12(8-11)29(2,26)27/h3-9,14-17,19,23-25H,1-2H3. The van der Waals surface area contributed by atoms with Gasteiger partial charge in [0.05, 0.1) is 10.6 Å². The number of aliphatic hydroxyl groups is 3. The molecule has 9 nitrogen and oxygen atoms in total. The average Bonchev–Trinajstić information content (AvgIpc) is 3.23. The van der Waals surface area contributed by atoms with Crippen molar-refractivity contribution in [2.24, 2.45) is 0 Å². The fourth-order valence-corrected chi connectivity index (χ4v) is 4.27. The third kappa shape index (κ3) is 3.43. The lowest BCUT2D eigenvalue weighted by atomic mass is 9.99. The smallest absolute Gasteiger partial charge is 0.175 e. The maximum absolute atomic E-state index is 11.8. The summed E-state index contributed by atoms with van der Waals surface area (Å²) in [5, 5.41) is 32.6. The van der Waals surface area contributed by atoms with Gasteiger partial charge in [0.2, 0.25) is 0 Å². The number of aliphatic hydroxyl groups excluding tert-OH is 3. The van der Waals surface area contributed by atoms with Crippen molar-refractivity contribution < 1.29 is 28.5 Å². The first-order valence-corrected chi connectivity index (χ1v) is 10.9. The Morgan fingerprint density at radius 1 is 1.17 bits per heavy atom. The summed E-state index contributed by atoms with van der Waals surface area (Å²) in [6.07, 6.45) is -2.05. The molecular formula is C19H21N3O6S. The van der Waals surface area contributed by atoms with Crippen molar-refractivity contribution in [3.05, 3.63) is 54.1 Å². The summed E-state index contributed by atoms with van der Waals surface area (Å²) in [4.78, 5) is 8.39. The van der Waals surface area contributed by atoms with E-state index in [9.17, 15) is 23.7 Å². The Labute approximate surface area is 167 Å². The number of aryl methyl sites for hydroxylation is 1. The van der Waals surface area contributed by atoms with Gasteiger partial charge in [-0.05, 0) is 30.7 Å².